The van der Waals surface area contributed by atoms with Crippen LogP contribution >= 0.6 is 0 Å². The van der Waals surface area contributed by atoms with E-state index in [1.807, 2.05) is 6.92 Å². The molecule has 0 spiro atoms. The first-order valence-corrected chi connectivity index (χ1v) is 6.62. The number of amides is 1. The quantitative estimate of drug-likeness (QED) is 0.733. The summed E-state index contributed by atoms with van der Waals surface area (Å²) in [7, 11) is 0. The maximum absolute atomic E-state index is 13.2. The minimum absolute atomic E-state index is 0.128. The SMILES string of the molecule is CCCC1(C(=O)Nc2ccc(O)c(F)c2)CCCN1. The normalized spacial score (nSPS) is 22.4. The van der Waals surface area contributed by atoms with Crippen molar-refractivity contribution in [3.05, 3.63) is 24.0 Å². The fraction of sp³-hybridized carbons (Fsp3) is 0.500. The monoisotopic (exact) mass is 266 g/mol. The van der Waals surface area contributed by atoms with E-state index in [1.54, 1.807) is 0 Å². The molecule has 1 atom stereocenters. The first-order chi connectivity index (χ1) is 9.07. The zero-order chi connectivity index (χ0) is 13.9. The number of nitrogens with one attached hydrogen (secondary N) is 2. The zero-order valence-electron chi connectivity index (χ0n) is 11.0. The van der Waals surface area contributed by atoms with Crippen LogP contribution in [0.15, 0.2) is 18.2 Å². The largest absolute Gasteiger partial charge is 0.505 e. The van der Waals surface area contributed by atoms with E-state index in [4.69, 9.17) is 5.11 Å². The van der Waals surface area contributed by atoms with Crippen molar-refractivity contribution < 1.29 is 14.3 Å². The standard InChI is InChI=1S/C14H19FN2O2/c1-2-6-14(7-3-8-16-14)13(19)17-10-4-5-12(18)11(15)9-10/h4-5,9,16,18H,2-3,6-8H2,1H3,(H,17,19). The lowest BCUT2D eigenvalue weighted by molar-refractivity contribution is -0.122. The van der Waals surface area contributed by atoms with Crippen LogP contribution in [0.1, 0.15) is 32.6 Å². The molecule has 0 radical (unpaired) electrons. The lowest BCUT2D eigenvalue weighted by atomic mass is 9.91. The Morgan fingerprint density at radius 3 is 2.95 bits per heavy atom. The third kappa shape index (κ3) is 2.87. The maximum Gasteiger partial charge on any atom is 0.244 e. The number of hydrogen-bond donors (Lipinski definition) is 3. The van der Waals surface area contributed by atoms with Crippen molar-refractivity contribution in [3.8, 4) is 5.75 Å². The number of aromatic hydroxyl groups is 1. The highest BCUT2D eigenvalue weighted by Gasteiger charge is 2.39. The van der Waals surface area contributed by atoms with E-state index in [0.29, 0.717) is 5.69 Å². The number of phenols is 1. The van der Waals surface area contributed by atoms with Gasteiger partial charge in [-0.15, -0.1) is 0 Å². The molecule has 1 fully saturated rings. The summed E-state index contributed by atoms with van der Waals surface area (Å²) in [6.07, 6.45) is 3.44. The average molecular weight is 266 g/mol. The minimum atomic E-state index is -0.735. The van der Waals surface area contributed by atoms with E-state index in [2.05, 4.69) is 10.6 Å². The third-order valence-electron chi connectivity index (χ3n) is 3.56. The lowest BCUT2D eigenvalue weighted by Crippen LogP contribution is -2.50. The Bertz CT molecular complexity index is 471. The number of carbonyl (C=O) groups is 1. The molecule has 1 heterocycles. The van der Waals surface area contributed by atoms with Gasteiger partial charge in [-0.1, -0.05) is 13.3 Å². The van der Waals surface area contributed by atoms with Crippen LogP contribution in [-0.4, -0.2) is 23.1 Å². The minimum Gasteiger partial charge on any atom is -0.505 e. The summed E-state index contributed by atoms with van der Waals surface area (Å²) in [6.45, 7) is 2.87. The van der Waals surface area contributed by atoms with Gasteiger partial charge >= 0.3 is 0 Å². The van der Waals surface area contributed by atoms with Crippen LogP contribution < -0.4 is 10.6 Å². The second-order valence-corrected chi connectivity index (χ2v) is 4.98. The van der Waals surface area contributed by atoms with E-state index >= 15 is 0 Å². The molecule has 1 aliphatic heterocycles. The van der Waals surface area contributed by atoms with Gasteiger partial charge in [-0.3, -0.25) is 4.79 Å². The van der Waals surface area contributed by atoms with E-state index in [9.17, 15) is 9.18 Å². The highest BCUT2D eigenvalue weighted by molar-refractivity contribution is 5.98. The Kier molecular flexibility index (Phi) is 4.04. The van der Waals surface area contributed by atoms with Gasteiger partial charge in [-0.2, -0.15) is 0 Å². The molecule has 0 aromatic heterocycles. The van der Waals surface area contributed by atoms with Crippen LogP contribution in [0.25, 0.3) is 0 Å². The summed E-state index contributed by atoms with van der Waals surface area (Å²) in [4.78, 5) is 12.4. The molecular weight excluding hydrogens is 247 g/mol. The molecule has 3 N–H and O–H groups in total. The second kappa shape index (κ2) is 5.57. The molecule has 1 amide bonds. The Labute approximate surface area is 112 Å². The Hall–Kier alpha value is -1.62. The topological polar surface area (TPSA) is 61.4 Å². The fourth-order valence-corrected chi connectivity index (χ4v) is 2.59. The fourth-order valence-electron chi connectivity index (χ4n) is 2.59. The van der Waals surface area contributed by atoms with Crippen LogP contribution in [0, 0.1) is 5.82 Å². The first-order valence-electron chi connectivity index (χ1n) is 6.62. The highest BCUT2D eigenvalue weighted by atomic mass is 19.1. The summed E-state index contributed by atoms with van der Waals surface area (Å²) >= 11 is 0. The highest BCUT2D eigenvalue weighted by Crippen LogP contribution is 2.27. The van der Waals surface area contributed by atoms with Gasteiger partial charge in [-0.05, 0) is 37.9 Å². The van der Waals surface area contributed by atoms with E-state index in [0.717, 1.165) is 38.3 Å². The molecule has 2 rings (SSSR count). The number of anilines is 1. The van der Waals surface area contributed by atoms with Crippen molar-refractivity contribution >= 4 is 11.6 Å². The molecule has 1 saturated heterocycles. The average Bonchev–Trinajstić information content (AvgIpc) is 2.84. The maximum atomic E-state index is 13.2. The molecule has 19 heavy (non-hydrogen) atoms. The number of carbonyl (C=O) groups excluding carboxylic acids is 1. The van der Waals surface area contributed by atoms with E-state index in [-0.39, 0.29) is 5.91 Å². The molecule has 4 nitrogen and oxygen atoms in total. The van der Waals surface area contributed by atoms with Crippen LogP contribution in [0.3, 0.4) is 0 Å². The number of benzene rings is 1. The second-order valence-electron chi connectivity index (χ2n) is 4.98. The number of rotatable bonds is 4. The first kappa shape index (κ1) is 13.8. The van der Waals surface area contributed by atoms with Crippen molar-refractivity contribution in [1.29, 1.82) is 0 Å². The third-order valence-corrected chi connectivity index (χ3v) is 3.56. The van der Waals surface area contributed by atoms with Crippen molar-refractivity contribution in [1.82, 2.24) is 5.32 Å². The molecule has 1 aromatic carbocycles. The number of hydrogen-bond acceptors (Lipinski definition) is 3. The van der Waals surface area contributed by atoms with Gasteiger partial charge < -0.3 is 15.7 Å². The molecule has 0 aliphatic carbocycles. The Balaban J connectivity index is 2.12. The van der Waals surface area contributed by atoms with Gasteiger partial charge in [0.05, 0.1) is 5.54 Å². The number of phenolic OH excluding ortho intramolecular Hbond substituents is 1. The van der Waals surface area contributed by atoms with Crippen LogP contribution in [0.4, 0.5) is 10.1 Å². The van der Waals surface area contributed by atoms with Crippen molar-refractivity contribution in [2.24, 2.45) is 0 Å². The molecule has 5 heteroatoms. The summed E-state index contributed by atoms with van der Waals surface area (Å²) < 4.78 is 13.2. The van der Waals surface area contributed by atoms with Gasteiger partial charge in [0.1, 0.15) is 0 Å². The molecule has 0 bridgehead atoms. The predicted octanol–water partition coefficient (Wildman–Crippen LogP) is 2.39. The Morgan fingerprint density at radius 1 is 1.58 bits per heavy atom. The molecule has 104 valence electrons. The van der Waals surface area contributed by atoms with Gasteiger partial charge in [0.25, 0.3) is 0 Å². The van der Waals surface area contributed by atoms with E-state index in [1.165, 1.54) is 12.1 Å². The smallest absolute Gasteiger partial charge is 0.244 e. The molecule has 1 aromatic rings. The molecule has 1 unspecified atom stereocenters. The summed E-state index contributed by atoms with van der Waals surface area (Å²) in [6, 6.07) is 3.85. The predicted molar refractivity (Wildman–Crippen MR) is 71.6 cm³/mol. The van der Waals surface area contributed by atoms with Crippen molar-refractivity contribution in [2.45, 2.75) is 38.1 Å². The van der Waals surface area contributed by atoms with Crippen molar-refractivity contribution in [2.75, 3.05) is 11.9 Å². The lowest BCUT2D eigenvalue weighted by Gasteiger charge is -2.27. The molecular formula is C14H19FN2O2. The van der Waals surface area contributed by atoms with E-state index < -0.39 is 17.1 Å². The van der Waals surface area contributed by atoms with Gasteiger partial charge in [0, 0.05) is 11.8 Å². The van der Waals surface area contributed by atoms with Crippen molar-refractivity contribution in [3.63, 3.8) is 0 Å². The number of halogens is 1. The summed E-state index contributed by atoms with van der Waals surface area (Å²) in [5, 5.41) is 15.1. The van der Waals surface area contributed by atoms with Gasteiger partial charge in [0.15, 0.2) is 11.6 Å². The van der Waals surface area contributed by atoms with Crippen LogP contribution in [-0.2, 0) is 4.79 Å². The summed E-state index contributed by atoms with van der Waals surface area (Å²) in [5.41, 5.74) is -0.173. The molecule has 0 saturated carbocycles. The van der Waals surface area contributed by atoms with Gasteiger partial charge in [0.2, 0.25) is 5.91 Å². The summed E-state index contributed by atoms with van der Waals surface area (Å²) in [5.74, 6) is -1.28. The zero-order valence-corrected chi connectivity index (χ0v) is 11.0. The van der Waals surface area contributed by atoms with Gasteiger partial charge in [-0.25, -0.2) is 4.39 Å². The van der Waals surface area contributed by atoms with Crippen LogP contribution in [0.5, 0.6) is 5.75 Å². The Morgan fingerprint density at radius 2 is 2.37 bits per heavy atom. The molecule has 1 aliphatic rings. The van der Waals surface area contributed by atoms with Crippen LogP contribution in [0.2, 0.25) is 0 Å².